The van der Waals surface area contributed by atoms with Crippen molar-refractivity contribution in [1.29, 1.82) is 0 Å². The number of oxime groups is 1. The van der Waals surface area contributed by atoms with Crippen LogP contribution in [0.4, 0.5) is 4.79 Å². The third-order valence-corrected chi connectivity index (χ3v) is 9.09. The Morgan fingerprint density at radius 3 is 2.23 bits per heavy atom. The van der Waals surface area contributed by atoms with Crippen LogP contribution >= 0.6 is 11.8 Å². The topological polar surface area (TPSA) is 256 Å². The highest BCUT2D eigenvalue weighted by molar-refractivity contribution is 8.14. The van der Waals surface area contributed by atoms with Gasteiger partial charge in [0.15, 0.2) is 22.4 Å². The summed E-state index contributed by atoms with van der Waals surface area (Å²) in [6.07, 6.45) is 5.65. The quantitative estimate of drug-likeness (QED) is 0.0234. The van der Waals surface area contributed by atoms with Crippen molar-refractivity contribution < 1.29 is 52.3 Å². The number of aromatic nitrogens is 1. The molecular formula is C40H60N8O11S. The molecule has 2 aliphatic heterocycles. The summed E-state index contributed by atoms with van der Waals surface area (Å²) in [7, 11) is 0. The lowest BCUT2D eigenvalue weighted by Crippen LogP contribution is -2.72. The second kappa shape index (κ2) is 21.6. The van der Waals surface area contributed by atoms with Crippen molar-refractivity contribution in [2.75, 3.05) is 25.5 Å². The SMILES string of the molecule is C=C(/C=C(OCCCC)\C(=C/N)OCCCC)c1cc(C(=O)NC[C@H]2NC(=O)[C@H]2NC(=O)/C(=N\OC(C)(C)C(=O)OC(C)(C)C)C2CSC(NC(=O)OC(C)(C)C)=N2)on1. The average molecular weight is 861 g/mol. The zero-order valence-corrected chi connectivity index (χ0v) is 37.0. The minimum atomic E-state index is -1.63. The number of nitrogens with two attached hydrogens (primary N) is 1. The van der Waals surface area contributed by atoms with E-state index in [-0.39, 0.29) is 34.6 Å². The summed E-state index contributed by atoms with van der Waals surface area (Å²) in [6.45, 7) is 21.9. The number of carbonyl (C=O) groups is 5. The van der Waals surface area contributed by atoms with Gasteiger partial charge in [0.05, 0.1) is 19.3 Å². The number of carbonyl (C=O) groups excluding carboxylic acids is 5. The van der Waals surface area contributed by atoms with Gasteiger partial charge in [-0.2, -0.15) is 0 Å². The zero-order chi connectivity index (χ0) is 44.8. The minimum absolute atomic E-state index is 0.113. The molecule has 0 saturated carbocycles. The molecule has 1 fully saturated rings. The molecule has 3 rings (SSSR count). The van der Waals surface area contributed by atoms with E-state index >= 15 is 0 Å². The molecule has 60 heavy (non-hydrogen) atoms. The van der Waals surface area contributed by atoms with Gasteiger partial charge in [0.2, 0.25) is 17.3 Å². The van der Waals surface area contributed by atoms with Crippen LogP contribution in [0.25, 0.3) is 5.57 Å². The number of hydrogen-bond acceptors (Lipinski definition) is 16. The Bertz CT molecular complexity index is 1860. The molecule has 3 atom stereocenters. The predicted molar refractivity (Wildman–Crippen MR) is 225 cm³/mol. The van der Waals surface area contributed by atoms with E-state index in [4.69, 9.17) is 34.0 Å². The fraction of sp³-hybridized carbons (Fsp3) is 0.600. The second-order valence-corrected chi connectivity index (χ2v) is 17.3. The van der Waals surface area contributed by atoms with Crippen molar-refractivity contribution in [2.45, 2.75) is 130 Å². The largest absolute Gasteiger partial charge is 0.490 e. The van der Waals surface area contributed by atoms with Gasteiger partial charge in [-0.15, -0.1) is 0 Å². The predicted octanol–water partition coefficient (Wildman–Crippen LogP) is 4.21. The number of thioether (sulfide) groups is 1. The first-order chi connectivity index (χ1) is 28.1. The highest BCUT2D eigenvalue weighted by Crippen LogP contribution is 2.24. The maximum atomic E-state index is 13.8. The first kappa shape index (κ1) is 48.8. The zero-order valence-electron chi connectivity index (χ0n) is 36.1. The summed E-state index contributed by atoms with van der Waals surface area (Å²) < 4.78 is 27.8. The lowest BCUT2D eigenvalue weighted by Gasteiger charge is -2.37. The Morgan fingerprint density at radius 2 is 1.65 bits per heavy atom. The molecule has 0 spiro atoms. The Labute approximate surface area is 355 Å². The Kier molecular flexibility index (Phi) is 17.6. The third-order valence-electron chi connectivity index (χ3n) is 8.12. The van der Waals surface area contributed by atoms with Gasteiger partial charge in [0.1, 0.15) is 29.0 Å². The van der Waals surface area contributed by atoms with Gasteiger partial charge in [-0.05, 0) is 74.3 Å². The fourth-order valence-corrected chi connectivity index (χ4v) is 5.82. The number of rotatable bonds is 20. The third kappa shape index (κ3) is 15.3. The summed E-state index contributed by atoms with van der Waals surface area (Å²) >= 11 is 1.12. The number of hydrogen-bond donors (Lipinski definition) is 5. The summed E-state index contributed by atoms with van der Waals surface area (Å²) in [5.74, 6) is -2.05. The Balaban J connectivity index is 1.73. The molecule has 4 amide bonds. The molecule has 3 heterocycles. The second-order valence-electron chi connectivity index (χ2n) is 16.3. The number of β-lactam (4-membered cyclic amide) rings is 1. The summed E-state index contributed by atoms with van der Waals surface area (Å²) in [4.78, 5) is 74.9. The number of nitrogens with zero attached hydrogens (tertiary/aromatic N) is 3. The summed E-state index contributed by atoms with van der Waals surface area (Å²) in [5.41, 5.74) is 2.95. The van der Waals surface area contributed by atoms with Crippen molar-refractivity contribution >= 4 is 58.0 Å². The molecule has 6 N–H and O–H groups in total. The van der Waals surface area contributed by atoms with Crippen molar-refractivity contribution in [3.63, 3.8) is 0 Å². The van der Waals surface area contributed by atoms with Gasteiger partial charge in [-0.3, -0.25) is 24.7 Å². The number of unbranched alkanes of at least 4 members (excludes halogenated alkanes) is 2. The molecule has 1 aromatic heterocycles. The van der Waals surface area contributed by atoms with Crippen LogP contribution in [-0.4, -0.2) is 106 Å². The standard InChI is InChI=1S/C40H60N8O11S/c1-12-14-16-54-27(29(20-41)55-17-15-13-2)18-23(3)24-19-28(58-47-24)32(49)42-21-25-30(33(50)43-25)45-34(51)31(48-59-40(10,11)35(52)56-38(4,5)6)26-22-60-36(44-26)46-37(53)57-39(7,8)9/h18-20,25-26,30H,3,12-17,21-22,41H2,1-2,4-11H3,(H,42,49)(H,43,50)(H,45,51)(H,44,46,53)/b27-18+,29-20+,48-31-/t25-,26?,30+/m1/s1. The van der Waals surface area contributed by atoms with Gasteiger partial charge >= 0.3 is 12.1 Å². The number of alkyl carbamates (subject to hydrolysis) is 1. The number of esters is 1. The molecule has 332 valence electrons. The number of aliphatic imine (C=N–C) groups is 1. The molecule has 1 saturated heterocycles. The first-order valence-corrected chi connectivity index (χ1v) is 20.7. The van der Waals surface area contributed by atoms with Crippen molar-refractivity contribution in [2.24, 2.45) is 15.9 Å². The molecule has 0 aromatic carbocycles. The smallest absolute Gasteiger partial charge is 0.413 e. The molecule has 1 aromatic rings. The Morgan fingerprint density at radius 1 is 1.02 bits per heavy atom. The molecule has 19 nitrogen and oxygen atoms in total. The number of ether oxygens (including phenoxy) is 4. The molecule has 0 radical (unpaired) electrons. The van der Waals surface area contributed by atoms with E-state index in [2.05, 4.69) is 43.2 Å². The molecule has 20 heteroatoms. The van der Waals surface area contributed by atoms with E-state index in [1.54, 1.807) is 47.6 Å². The van der Waals surface area contributed by atoms with Crippen LogP contribution in [-0.2, 0) is 38.2 Å². The normalized spacial score (nSPS) is 18.6. The lowest BCUT2D eigenvalue weighted by molar-refractivity contribution is -0.179. The van der Waals surface area contributed by atoms with Gasteiger partial charge in [-0.1, -0.05) is 55.3 Å². The molecule has 1 unspecified atom stereocenters. The number of allylic oxidation sites excluding steroid dienone is 2. The van der Waals surface area contributed by atoms with Gasteiger partial charge in [0.25, 0.3) is 11.8 Å². The van der Waals surface area contributed by atoms with Crippen LogP contribution in [0.5, 0.6) is 0 Å². The number of nitrogens with one attached hydrogen (secondary N) is 4. The van der Waals surface area contributed by atoms with E-state index in [1.165, 1.54) is 26.1 Å². The van der Waals surface area contributed by atoms with Crippen molar-refractivity contribution in [3.05, 3.63) is 47.9 Å². The molecular weight excluding hydrogens is 801 g/mol. The van der Waals surface area contributed by atoms with E-state index < -0.39 is 64.7 Å². The van der Waals surface area contributed by atoms with Crippen LogP contribution in [0, 0.1) is 0 Å². The van der Waals surface area contributed by atoms with E-state index in [0.717, 1.165) is 37.4 Å². The Hall–Kier alpha value is -5.53. The maximum Gasteiger partial charge on any atom is 0.413 e. The van der Waals surface area contributed by atoms with Crippen LogP contribution in [0.3, 0.4) is 0 Å². The number of amidine groups is 1. The maximum absolute atomic E-state index is 13.8. The van der Waals surface area contributed by atoms with Crippen LogP contribution in [0.2, 0.25) is 0 Å². The van der Waals surface area contributed by atoms with Crippen LogP contribution in [0.1, 0.15) is 111 Å². The van der Waals surface area contributed by atoms with Crippen molar-refractivity contribution in [3.8, 4) is 0 Å². The molecule has 0 bridgehead atoms. The highest BCUT2D eigenvalue weighted by atomic mass is 32.2. The summed E-state index contributed by atoms with van der Waals surface area (Å²) in [6, 6.07) is -1.42. The van der Waals surface area contributed by atoms with E-state index in [0.29, 0.717) is 30.3 Å². The highest BCUT2D eigenvalue weighted by Gasteiger charge is 2.43. The van der Waals surface area contributed by atoms with E-state index in [9.17, 15) is 24.0 Å². The van der Waals surface area contributed by atoms with Gasteiger partial charge in [0, 0.05) is 30.1 Å². The fourth-order valence-electron chi connectivity index (χ4n) is 4.91. The minimum Gasteiger partial charge on any atom is -0.490 e. The van der Waals surface area contributed by atoms with Crippen LogP contribution < -0.4 is 27.0 Å². The number of amides is 4. The molecule has 0 aliphatic carbocycles. The molecule has 2 aliphatic rings. The first-order valence-electron chi connectivity index (χ1n) is 19.7. The summed E-state index contributed by atoms with van der Waals surface area (Å²) in [5, 5.41) is 18.7. The lowest BCUT2D eigenvalue weighted by atomic mass is 9.98. The van der Waals surface area contributed by atoms with Crippen LogP contribution in [0.15, 0.2) is 51.1 Å². The monoisotopic (exact) mass is 860 g/mol. The average Bonchev–Trinajstić information content (AvgIpc) is 3.83. The van der Waals surface area contributed by atoms with Gasteiger partial charge in [-0.25, -0.2) is 9.59 Å². The van der Waals surface area contributed by atoms with Gasteiger partial charge < -0.3 is 50.0 Å². The van der Waals surface area contributed by atoms with Crippen molar-refractivity contribution in [1.82, 2.24) is 26.4 Å². The van der Waals surface area contributed by atoms with E-state index in [1.807, 2.05) is 13.8 Å².